The van der Waals surface area contributed by atoms with E-state index in [1.807, 2.05) is 0 Å². The van der Waals surface area contributed by atoms with Crippen LogP contribution in [0.25, 0.3) is 0 Å². The minimum absolute atomic E-state index is 0.0893. The van der Waals surface area contributed by atoms with Crippen LogP contribution in [0.4, 0.5) is 18.9 Å². The van der Waals surface area contributed by atoms with Crippen molar-refractivity contribution < 1.29 is 32.6 Å². The number of halogens is 3. The van der Waals surface area contributed by atoms with Gasteiger partial charge in [0.15, 0.2) is 11.6 Å². The minimum Gasteiger partial charge on any atom is -0.481 e. The van der Waals surface area contributed by atoms with Gasteiger partial charge < -0.3 is 15.2 Å². The van der Waals surface area contributed by atoms with Crippen LogP contribution in [0.2, 0.25) is 0 Å². The number of rotatable bonds is 7. The van der Waals surface area contributed by atoms with Crippen molar-refractivity contribution in [2.45, 2.75) is 45.3 Å². The Labute approximate surface area is 166 Å². The number of nitrogens with one attached hydrogen (secondary N) is 1. The summed E-state index contributed by atoms with van der Waals surface area (Å²) in [6.07, 6.45) is -0.421. The quantitative estimate of drug-likeness (QED) is 0.493. The van der Waals surface area contributed by atoms with E-state index in [0.717, 1.165) is 0 Å². The highest BCUT2D eigenvalue weighted by Crippen LogP contribution is 2.28. The van der Waals surface area contributed by atoms with Crippen molar-refractivity contribution in [3.8, 4) is 0 Å². The molecule has 2 rings (SSSR count). The molecular weight excluding hydrogens is 387 g/mol. The molecule has 1 atom stereocenters. The second-order valence-electron chi connectivity index (χ2n) is 7.50. The summed E-state index contributed by atoms with van der Waals surface area (Å²) in [5, 5.41) is 11.8. The Morgan fingerprint density at radius 1 is 1.07 bits per heavy atom. The average Bonchev–Trinajstić information content (AvgIpc) is 2.60. The van der Waals surface area contributed by atoms with Gasteiger partial charge in [0.1, 0.15) is 11.4 Å². The van der Waals surface area contributed by atoms with E-state index >= 15 is 0 Å². The largest absolute Gasteiger partial charge is 0.481 e. The van der Waals surface area contributed by atoms with Gasteiger partial charge in [-0.2, -0.15) is 0 Å². The molecule has 0 saturated carbocycles. The molecule has 0 heterocycles. The molecule has 0 saturated heterocycles. The zero-order chi connectivity index (χ0) is 21.8. The standard InChI is InChI=1S/C21H22F3NO4/c1-21(2,3)29-20(28)12-5-4-6-13(9-12)25-18(7-8-19(26)27)14-10-16(23)17(24)11-15(14)22/h4-6,9-11,18,25H,7-8H2,1-3H3,(H,26,27). The van der Waals surface area contributed by atoms with Crippen LogP contribution in [0.15, 0.2) is 36.4 Å². The maximum absolute atomic E-state index is 14.2. The summed E-state index contributed by atoms with van der Waals surface area (Å²) in [7, 11) is 0. The predicted molar refractivity (Wildman–Crippen MR) is 101 cm³/mol. The van der Waals surface area contributed by atoms with Crippen LogP contribution >= 0.6 is 0 Å². The molecule has 2 aromatic carbocycles. The van der Waals surface area contributed by atoms with Crippen LogP contribution in [0.3, 0.4) is 0 Å². The highest BCUT2D eigenvalue weighted by molar-refractivity contribution is 5.90. The van der Waals surface area contributed by atoms with Crippen molar-refractivity contribution in [1.82, 2.24) is 0 Å². The molecule has 0 aliphatic heterocycles. The Hall–Kier alpha value is -3.03. The minimum atomic E-state index is -1.34. The summed E-state index contributed by atoms with van der Waals surface area (Å²) in [4.78, 5) is 23.2. The lowest BCUT2D eigenvalue weighted by Crippen LogP contribution is -2.24. The van der Waals surface area contributed by atoms with Gasteiger partial charge in [-0.25, -0.2) is 18.0 Å². The van der Waals surface area contributed by atoms with Gasteiger partial charge in [-0.3, -0.25) is 4.79 Å². The number of carboxylic acid groups (broad SMARTS) is 1. The number of hydrogen-bond donors (Lipinski definition) is 2. The molecule has 0 aliphatic rings. The SMILES string of the molecule is CC(C)(C)OC(=O)c1cccc(NC(CCC(=O)O)c2cc(F)c(F)cc2F)c1. The predicted octanol–water partition coefficient (Wildman–Crippen LogP) is 5.08. The van der Waals surface area contributed by atoms with Gasteiger partial charge in [0.25, 0.3) is 0 Å². The number of anilines is 1. The summed E-state index contributed by atoms with van der Waals surface area (Å²) < 4.78 is 46.4. The van der Waals surface area contributed by atoms with Crippen molar-refractivity contribution in [2.24, 2.45) is 0 Å². The molecule has 8 heteroatoms. The third kappa shape index (κ3) is 6.51. The lowest BCUT2D eigenvalue weighted by atomic mass is 10.00. The van der Waals surface area contributed by atoms with Gasteiger partial charge in [-0.15, -0.1) is 0 Å². The molecule has 0 spiro atoms. The molecule has 5 nitrogen and oxygen atoms in total. The second-order valence-corrected chi connectivity index (χ2v) is 7.50. The lowest BCUT2D eigenvalue weighted by Gasteiger charge is -2.22. The second kappa shape index (κ2) is 8.98. The van der Waals surface area contributed by atoms with Crippen molar-refractivity contribution in [1.29, 1.82) is 0 Å². The van der Waals surface area contributed by atoms with Gasteiger partial charge in [0.2, 0.25) is 0 Å². The Balaban J connectivity index is 2.32. The first-order valence-corrected chi connectivity index (χ1v) is 8.92. The van der Waals surface area contributed by atoms with Gasteiger partial charge in [0.05, 0.1) is 11.6 Å². The van der Waals surface area contributed by atoms with Gasteiger partial charge in [-0.05, 0) is 51.5 Å². The number of aliphatic carboxylic acids is 1. The highest BCUT2D eigenvalue weighted by Gasteiger charge is 2.22. The lowest BCUT2D eigenvalue weighted by molar-refractivity contribution is -0.137. The van der Waals surface area contributed by atoms with Crippen LogP contribution < -0.4 is 5.32 Å². The number of carboxylic acids is 1. The van der Waals surface area contributed by atoms with Crippen molar-refractivity contribution in [2.75, 3.05) is 5.32 Å². The van der Waals surface area contributed by atoms with E-state index in [9.17, 15) is 22.8 Å². The zero-order valence-corrected chi connectivity index (χ0v) is 16.3. The summed E-state index contributed by atoms with van der Waals surface area (Å²) in [5.74, 6) is -5.28. The van der Waals surface area contributed by atoms with Crippen molar-refractivity contribution in [3.63, 3.8) is 0 Å². The number of esters is 1. The van der Waals surface area contributed by atoms with Crippen LogP contribution in [-0.2, 0) is 9.53 Å². The average molecular weight is 409 g/mol. The first kappa shape index (κ1) is 22.3. The Bertz CT molecular complexity index is 909. The number of ether oxygens (including phenoxy) is 1. The fraction of sp³-hybridized carbons (Fsp3) is 0.333. The number of benzene rings is 2. The smallest absolute Gasteiger partial charge is 0.338 e. The molecule has 0 bridgehead atoms. The number of carbonyl (C=O) groups excluding carboxylic acids is 1. The molecule has 0 fully saturated rings. The van der Waals surface area contributed by atoms with E-state index in [1.165, 1.54) is 12.1 Å². The summed E-state index contributed by atoms with van der Waals surface area (Å²) in [6, 6.07) is 6.29. The van der Waals surface area contributed by atoms with Crippen LogP contribution in [0.1, 0.15) is 55.6 Å². The van der Waals surface area contributed by atoms with E-state index in [-0.39, 0.29) is 24.0 Å². The van der Waals surface area contributed by atoms with E-state index < -0.39 is 41.0 Å². The van der Waals surface area contributed by atoms with Crippen LogP contribution in [-0.4, -0.2) is 22.6 Å². The van der Waals surface area contributed by atoms with Crippen LogP contribution in [0.5, 0.6) is 0 Å². The molecule has 2 N–H and O–H groups in total. The maximum Gasteiger partial charge on any atom is 0.338 e. The molecule has 29 heavy (non-hydrogen) atoms. The van der Waals surface area contributed by atoms with Crippen molar-refractivity contribution in [3.05, 3.63) is 65.0 Å². The fourth-order valence-corrected chi connectivity index (χ4v) is 2.65. The molecule has 1 unspecified atom stereocenters. The number of hydrogen-bond acceptors (Lipinski definition) is 4. The van der Waals surface area contributed by atoms with Gasteiger partial charge >= 0.3 is 11.9 Å². The summed E-state index contributed by atoms with van der Waals surface area (Å²) in [6.45, 7) is 5.17. The third-order valence-electron chi connectivity index (χ3n) is 3.90. The highest BCUT2D eigenvalue weighted by atomic mass is 19.2. The summed E-state index contributed by atoms with van der Waals surface area (Å²) >= 11 is 0. The molecule has 156 valence electrons. The normalized spacial score (nSPS) is 12.3. The van der Waals surface area contributed by atoms with E-state index in [1.54, 1.807) is 32.9 Å². The van der Waals surface area contributed by atoms with E-state index in [2.05, 4.69) is 5.32 Å². The number of carbonyl (C=O) groups is 2. The molecule has 0 aromatic heterocycles. The Morgan fingerprint density at radius 2 is 1.72 bits per heavy atom. The topological polar surface area (TPSA) is 75.6 Å². The first-order chi connectivity index (χ1) is 13.5. The molecule has 0 radical (unpaired) electrons. The van der Waals surface area contributed by atoms with Crippen LogP contribution in [0, 0.1) is 17.5 Å². The first-order valence-electron chi connectivity index (χ1n) is 8.92. The Kier molecular flexibility index (Phi) is 6.89. The summed E-state index contributed by atoms with van der Waals surface area (Å²) in [5.41, 5.74) is -0.312. The van der Waals surface area contributed by atoms with E-state index in [4.69, 9.17) is 9.84 Å². The monoisotopic (exact) mass is 409 g/mol. The zero-order valence-electron chi connectivity index (χ0n) is 16.3. The van der Waals surface area contributed by atoms with Gasteiger partial charge in [0, 0.05) is 23.7 Å². The van der Waals surface area contributed by atoms with Gasteiger partial charge in [-0.1, -0.05) is 6.07 Å². The fourth-order valence-electron chi connectivity index (χ4n) is 2.65. The molecular formula is C21H22F3NO4. The maximum atomic E-state index is 14.2. The molecule has 0 amide bonds. The Morgan fingerprint density at radius 3 is 2.34 bits per heavy atom. The molecule has 2 aromatic rings. The third-order valence-corrected chi connectivity index (χ3v) is 3.90. The molecule has 0 aliphatic carbocycles. The van der Waals surface area contributed by atoms with Crippen molar-refractivity contribution >= 4 is 17.6 Å². The van der Waals surface area contributed by atoms with E-state index in [0.29, 0.717) is 17.8 Å².